The Labute approximate surface area is 125 Å². The molecule has 0 saturated heterocycles. The molecular formula is C12H24N4O2S2. The van der Waals surface area contributed by atoms with Crippen molar-refractivity contribution in [3.8, 4) is 0 Å². The second-order valence-corrected chi connectivity index (χ2v) is 7.10. The lowest BCUT2D eigenvalue weighted by atomic mass is 10.3. The zero-order valence-electron chi connectivity index (χ0n) is 12.3. The fraction of sp³-hybridized carbons (Fsp3) is 0.750. The molecule has 20 heavy (non-hydrogen) atoms. The zero-order chi connectivity index (χ0) is 15.0. The Morgan fingerprint density at radius 3 is 2.80 bits per heavy atom. The van der Waals surface area contributed by atoms with Crippen LogP contribution in [0, 0.1) is 0 Å². The van der Waals surface area contributed by atoms with Gasteiger partial charge in [0.05, 0.1) is 12.7 Å². The number of aromatic nitrogens is 2. The van der Waals surface area contributed by atoms with E-state index in [2.05, 4.69) is 15.1 Å². The van der Waals surface area contributed by atoms with Crippen LogP contribution in [0.15, 0.2) is 17.3 Å². The van der Waals surface area contributed by atoms with Crippen LogP contribution in [0.4, 0.5) is 0 Å². The Morgan fingerprint density at radius 1 is 1.45 bits per heavy atom. The van der Waals surface area contributed by atoms with Gasteiger partial charge in [-0.3, -0.25) is 4.68 Å². The van der Waals surface area contributed by atoms with E-state index in [0.717, 1.165) is 25.3 Å². The Bertz CT molecular complexity index is 487. The molecule has 8 heteroatoms. The van der Waals surface area contributed by atoms with Gasteiger partial charge in [0.25, 0.3) is 0 Å². The largest absolute Gasteiger partial charge is 0.315 e. The van der Waals surface area contributed by atoms with Gasteiger partial charge in [-0.05, 0) is 19.2 Å². The average Bonchev–Trinajstić information content (AvgIpc) is 2.88. The van der Waals surface area contributed by atoms with Crippen molar-refractivity contribution >= 4 is 21.8 Å². The van der Waals surface area contributed by atoms with Crippen molar-refractivity contribution in [1.82, 2.24) is 19.8 Å². The highest BCUT2D eigenvalue weighted by atomic mass is 32.2. The molecule has 0 radical (unpaired) electrons. The molecule has 0 aliphatic rings. The van der Waals surface area contributed by atoms with E-state index in [1.165, 1.54) is 6.20 Å². The predicted octanol–water partition coefficient (Wildman–Crippen LogP) is 0.913. The minimum Gasteiger partial charge on any atom is -0.315 e. The number of rotatable bonds is 10. The van der Waals surface area contributed by atoms with Gasteiger partial charge in [-0.25, -0.2) is 13.1 Å². The number of likely N-dealkylation sites (N-methyl/N-ethyl adjacent to an activating group) is 1. The molecule has 0 aliphatic carbocycles. The van der Waals surface area contributed by atoms with E-state index in [9.17, 15) is 8.42 Å². The highest BCUT2D eigenvalue weighted by Gasteiger charge is 2.20. The van der Waals surface area contributed by atoms with Crippen molar-refractivity contribution in [3.05, 3.63) is 12.4 Å². The lowest BCUT2D eigenvalue weighted by Gasteiger charge is -2.14. The summed E-state index contributed by atoms with van der Waals surface area (Å²) in [6.45, 7) is 6.32. The van der Waals surface area contributed by atoms with Crippen molar-refractivity contribution in [1.29, 1.82) is 0 Å². The Kier molecular flexibility index (Phi) is 7.57. The van der Waals surface area contributed by atoms with Crippen LogP contribution in [0.3, 0.4) is 0 Å². The van der Waals surface area contributed by atoms with Crippen LogP contribution in [-0.2, 0) is 16.6 Å². The maximum Gasteiger partial charge on any atom is 0.243 e. The summed E-state index contributed by atoms with van der Waals surface area (Å²) in [5.41, 5.74) is 0. The summed E-state index contributed by atoms with van der Waals surface area (Å²) in [5, 5.41) is 7.26. The van der Waals surface area contributed by atoms with Crippen LogP contribution in [0.25, 0.3) is 0 Å². The Hall–Kier alpha value is -0.570. The molecule has 1 rings (SSSR count). The van der Waals surface area contributed by atoms with Gasteiger partial charge in [0.2, 0.25) is 10.0 Å². The van der Waals surface area contributed by atoms with Crippen LogP contribution in [0.2, 0.25) is 0 Å². The quantitative estimate of drug-likeness (QED) is 0.627. The first-order chi connectivity index (χ1) is 9.53. The molecule has 0 saturated carbocycles. The van der Waals surface area contributed by atoms with Gasteiger partial charge in [-0.2, -0.15) is 16.9 Å². The summed E-state index contributed by atoms with van der Waals surface area (Å²) in [6.07, 6.45) is 5.72. The van der Waals surface area contributed by atoms with Crippen molar-refractivity contribution in [2.75, 3.05) is 25.1 Å². The SMILES string of the molecule is CCNCCn1cc(S(=O)(=O)NC(CC)CSC)cn1. The fourth-order valence-corrected chi connectivity index (χ4v) is 3.80. The fourth-order valence-electron chi connectivity index (χ4n) is 1.70. The van der Waals surface area contributed by atoms with Crippen LogP contribution in [0.1, 0.15) is 20.3 Å². The Morgan fingerprint density at radius 2 is 2.20 bits per heavy atom. The molecule has 1 aromatic heterocycles. The number of hydrogen-bond acceptors (Lipinski definition) is 5. The third-order valence-corrected chi connectivity index (χ3v) is 5.08. The topological polar surface area (TPSA) is 76.0 Å². The lowest BCUT2D eigenvalue weighted by Crippen LogP contribution is -2.35. The molecule has 6 nitrogen and oxygen atoms in total. The van der Waals surface area contributed by atoms with E-state index in [0.29, 0.717) is 6.54 Å². The van der Waals surface area contributed by atoms with Gasteiger partial charge in [0, 0.05) is 24.5 Å². The molecule has 1 unspecified atom stereocenters. The highest BCUT2D eigenvalue weighted by Crippen LogP contribution is 2.10. The molecule has 1 heterocycles. The summed E-state index contributed by atoms with van der Waals surface area (Å²) in [6, 6.07) is -0.0416. The number of sulfonamides is 1. The number of nitrogens with zero attached hydrogens (tertiary/aromatic N) is 2. The van der Waals surface area contributed by atoms with Gasteiger partial charge in [-0.1, -0.05) is 13.8 Å². The first kappa shape index (κ1) is 17.5. The first-order valence-electron chi connectivity index (χ1n) is 6.77. The normalized spacial score (nSPS) is 13.6. The monoisotopic (exact) mass is 320 g/mol. The van der Waals surface area contributed by atoms with Gasteiger partial charge < -0.3 is 5.32 Å². The number of nitrogens with one attached hydrogen (secondary N) is 2. The highest BCUT2D eigenvalue weighted by molar-refractivity contribution is 7.98. The van der Waals surface area contributed by atoms with E-state index in [4.69, 9.17) is 0 Å². The smallest absolute Gasteiger partial charge is 0.243 e. The molecule has 0 amide bonds. The van der Waals surface area contributed by atoms with E-state index in [1.807, 2.05) is 20.1 Å². The summed E-state index contributed by atoms with van der Waals surface area (Å²) in [7, 11) is -3.47. The molecule has 116 valence electrons. The van der Waals surface area contributed by atoms with E-state index in [-0.39, 0.29) is 10.9 Å². The first-order valence-corrected chi connectivity index (χ1v) is 9.65. The molecule has 0 spiro atoms. The van der Waals surface area contributed by atoms with Crippen molar-refractivity contribution in [2.45, 2.75) is 37.8 Å². The molecule has 0 aliphatic heterocycles. The van der Waals surface area contributed by atoms with Gasteiger partial charge >= 0.3 is 0 Å². The predicted molar refractivity (Wildman–Crippen MR) is 83.6 cm³/mol. The van der Waals surface area contributed by atoms with Gasteiger partial charge in [-0.15, -0.1) is 0 Å². The van der Waals surface area contributed by atoms with Crippen LogP contribution in [-0.4, -0.2) is 49.3 Å². The van der Waals surface area contributed by atoms with Crippen LogP contribution >= 0.6 is 11.8 Å². The maximum atomic E-state index is 12.2. The third kappa shape index (κ3) is 5.43. The lowest BCUT2D eigenvalue weighted by molar-refractivity contribution is 0.554. The second-order valence-electron chi connectivity index (χ2n) is 4.47. The minimum atomic E-state index is -3.47. The van der Waals surface area contributed by atoms with E-state index in [1.54, 1.807) is 22.6 Å². The number of hydrogen-bond donors (Lipinski definition) is 2. The third-order valence-electron chi connectivity index (χ3n) is 2.87. The summed E-state index contributed by atoms with van der Waals surface area (Å²) in [4.78, 5) is 0.230. The molecule has 0 bridgehead atoms. The average molecular weight is 320 g/mol. The summed E-state index contributed by atoms with van der Waals surface area (Å²) in [5.74, 6) is 0.768. The van der Waals surface area contributed by atoms with E-state index >= 15 is 0 Å². The van der Waals surface area contributed by atoms with Crippen molar-refractivity contribution < 1.29 is 8.42 Å². The van der Waals surface area contributed by atoms with Crippen LogP contribution < -0.4 is 10.0 Å². The molecule has 1 atom stereocenters. The summed E-state index contributed by atoms with van der Waals surface area (Å²) >= 11 is 1.63. The van der Waals surface area contributed by atoms with Crippen molar-refractivity contribution in [3.63, 3.8) is 0 Å². The number of thioether (sulfide) groups is 1. The Balaban J connectivity index is 2.67. The molecule has 1 aromatic rings. The molecule has 0 fully saturated rings. The van der Waals surface area contributed by atoms with Gasteiger partial charge in [0.1, 0.15) is 4.90 Å². The standard InChI is InChI=1S/C12H24N4O2S2/c1-4-11(10-19-3)15-20(17,18)12-8-14-16(9-12)7-6-13-5-2/h8-9,11,13,15H,4-7,10H2,1-3H3. The molecule has 2 N–H and O–H groups in total. The zero-order valence-corrected chi connectivity index (χ0v) is 13.9. The molecular weight excluding hydrogens is 296 g/mol. The summed E-state index contributed by atoms with van der Waals surface area (Å²) < 4.78 is 28.8. The molecule has 0 aromatic carbocycles. The van der Waals surface area contributed by atoms with E-state index < -0.39 is 10.0 Å². The minimum absolute atomic E-state index is 0.0416. The van der Waals surface area contributed by atoms with Gasteiger partial charge in [0.15, 0.2) is 0 Å². The van der Waals surface area contributed by atoms with Crippen molar-refractivity contribution in [2.24, 2.45) is 0 Å². The second kappa shape index (κ2) is 8.66. The maximum absolute atomic E-state index is 12.2. The van der Waals surface area contributed by atoms with Crippen LogP contribution in [0.5, 0.6) is 0 Å².